The van der Waals surface area contributed by atoms with Gasteiger partial charge in [-0.25, -0.2) is 4.98 Å². The van der Waals surface area contributed by atoms with Crippen LogP contribution in [-0.4, -0.2) is 41.5 Å². The second kappa shape index (κ2) is 8.41. The number of ether oxygens (including phenoxy) is 2. The first-order valence-corrected chi connectivity index (χ1v) is 10.9. The summed E-state index contributed by atoms with van der Waals surface area (Å²) in [4.78, 5) is 32.4. The molecule has 0 spiro atoms. The van der Waals surface area contributed by atoms with Crippen LogP contribution in [0.25, 0.3) is 0 Å². The topological polar surface area (TPSA) is 80.8 Å². The van der Waals surface area contributed by atoms with E-state index in [1.807, 2.05) is 18.7 Å². The van der Waals surface area contributed by atoms with Crippen molar-refractivity contribution in [2.24, 2.45) is 5.92 Å². The monoisotopic (exact) mass is 415 g/mol. The summed E-state index contributed by atoms with van der Waals surface area (Å²) in [5.74, 6) is 1.39. The molecule has 2 aromatic rings. The molecule has 1 aromatic heterocycles. The maximum absolute atomic E-state index is 13.1. The third kappa shape index (κ3) is 4.37. The molecule has 1 aromatic carbocycles. The molecule has 1 fully saturated rings. The lowest BCUT2D eigenvalue weighted by molar-refractivity contribution is -0.117. The summed E-state index contributed by atoms with van der Waals surface area (Å²) in [7, 11) is 0. The molecule has 2 heterocycles. The number of rotatable bonds is 7. The van der Waals surface area contributed by atoms with Gasteiger partial charge in [0.25, 0.3) is 5.91 Å². The lowest BCUT2D eigenvalue weighted by Gasteiger charge is -2.26. The van der Waals surface area contributed by atoms with Gasteiger partial charge in [0, 0.05) is 29.3 Å². The van der Waals surface area contributed by atoms with Crippen LogP contribution in [0.1, 0.15) is 47.6 Å². The molecule has 8 heteroatoms. The highest BCUT2D eigenvalue weighted by Gasteiger charge is 2.31. The van der Waals surface area contributed by atoms with Crippen molar-refractivity contribution in [2.45, 2.75) is 39.7 Å². The minimum atomic E-state index is -0.0448. The predicted octanol–water partition coefficient (Wildman–Crippen LogP) is 3.49. The Labute approximate surface area is 174 Å². The van der Waals surface area contributed by atoms with E-state index in [4.69, 9.17) is 9.47 Å². The van der Waals surface area contributed by atoms with E-state index in [-0.39, 0.29) is 17.7 Å². The average Bonchev–Trinajstić information content (AvgIpc) is 3.49. The number of aromatic nitrogens is 1. The zero-order valence-electron chi connectivity index (χ0n) is 16.7. The summed E-state index contributed by atoms with van der Waals surface area (Å²) in [5.41, 5.74) is 1.55. The summed E-state index contributed by atoms with van der Waals surface area (Å²) in [6.45, 7) is 5.95. The SMILES string of the molecule is CCOc1ccc(C(=O)N2CCc3nc(NC(=O)C4CC4)sc3C2)cc1OCC. The standard InChI is InChI=1S/C21H25N3O4S/c1-3-27-16-8-7-14(11-17(16)28-4-2)20(26)24-10-9-15-18(12-24)29-21(22-15)23-19(25)13-5-6-13/h7-8,11,13H,3-6,9-10,12H2,1-2H3,(H,22,23,25). The van der Waals surface area contributed by atoms with Crippen molar-refractivity contribution in [3.05, 3.63) is 34.3 Å². The van der Waals surface area contributed by atoms with Gasteiger partial charge in [0.1, 0.15) is 0 Å². The van der Waals surface area contributed by atoms with E-state index in [0.29, 0.717) is 54.9 Å². The van der Waals surface area contributed by atoms with Gasteiger partial charge in [-0.05, 0) is 44.9 Å². The summed E-state index contributed by atoms with van der Waals surface area (Å²) < 4.78 is 11.2. The molecule has 0 unspecified atom stereocenters. The van der Waals surface area contributed by atoms with Crippen molar-refractivity contribution >= 4 is 28.3 Å². The molecule has 2 aliphatic rings. The number of amides is 2. The van der Waals surface area contributed by atoms with E-state index < -0.39 is 0 Å². The number of fused-ring (bicyclic) bond motifs is 1. The van der Waals surface area contributed by atoms with Gasteiger partial charge in [0.15, 0.2) is 16.6 Å². The van der Waals surface area contributed by atoms with E-state index in [9.17, 15) is 9.59 Å². The number of benzene rings is 1. The zero-order valence-corrected chi connectivity index (χ0v) is 17.5. The first-order valence-electron chi connectivity index (χ1n) is 10.1. The second-order valence-corrected chi connectivity index (χ2v) is 8.24. The third-order valence-corrected chi connectivity index (χ3v) is 5.98. The first kappa shape index (κ1) is 19.7. The molecular formula is C21H25N3O4S. The number of hydrogen-bond donors (Lipinski definition) is 1. The molecule has 29 heavy (non-hydrogen) atoms. The number of nitrogens with one attached hydrogen (secondary N) is 1. The van der Waals surface area contributed by atoms with Crippen LogP contribution in [0.3, 0.4) is 0 Å². The molecule has 1 saturated carbocycles. The summed E-state index contributed by atoms with van der Waals surface area (Å²) in [6.07, 6.45) is 2.61. The number of thiazole rings is 1. The Morgan fingerprint density at radius 2 is 1.97 bits per heavy atom. The van der Waals surface area contributed by atoms with E-state index in [1.165, 1.54) is 11.3 Å². The van der Waals surface area contributed by atoms with Crippen LogP contribution in [0, 0.1) is 5.92 Å². The Hall–Kier alpha value is -2.61. The molecule has 154 valence electrons. The van der Waals surface area contributed by atoms with Gasteiger partial charge in [-0.2, -0.15) is 0 Å². The van der Waals surface area contributed by atoms with Crippen LogP contribution >= 0.6 is 11.3 Å². The minimum Gasteiger partial charge on any atom is -0.490 e. The van der Waals surface area contributed by atoms with Gasteiger partial charge in [-0.15, -0.1) is 0 Å². The van der Waals surface area contributed by atoms with Crippen molar-refractivity contribution in [3.63, 3.8) is 0 Å². The van der Waals surface area contributed by atoms with Crippen molar-refractivity contribution in [3.8, 4) is 11.5 Å². The largest absolute Gasteiger partial charge is 0.490 e. The van der Waals surface area contributed by atoms with Crippen LogP contribution in [-0.2, 0) is 17.8 Å². The highest BCUT2D eigenvalue weighted by atomic mass is 32.1. The normalized spacial score (nSPS) is 15.6. The van der Waals surface area contributed by atoms with Crippen LogP contribution in [0.5, 0.6) is 11.5 Å². The van der Waals surface area contributed by atoms with E-state index >= 15 is 0 Å². The van der Waals surface area contributed by atoms with Gasteiger partial charge < -0.3 is 19.7 Å². The van der Waals surface area contributed by atoms with Crippen molar-refractivity contribution in [2.75, 3.05) is 25.1 Å². The Bertz CT molecular complexity index is 923. The fraction of sp³-hybridized carbons (Fsp3) is 0.476. The number of carbonyl (C=O) groups excluding carboxylic acids is 2. The van der Waals surface area contributed by atoms with Crippen LogP contribution in [0.15, 0.2) is 18.2 Å². The van der Waals surface area contributed by atoms with Crippen LogP contribution in [0.4, 0.5) is 5.13 Å². The molecule has 1 N–H and O–H groups in total. The predicted molar refractivity (Wildman–Crippen MR) is 111 cm³/mol. The van der Waals surface area contributed by atoms with Crippen LogP contribution in [0.2, 0.25) is 0 Å². The summed E-state index contributed by atoms with van der Waals surface area (Å²) in [5, 5.41) is 3.55. The molecule has 4 rings (SSSR count). The Morgan fingerprint density at radius 3 is 2.69 bits per heavy atom. The molecule has 0 atom stereocenters. The lowest BCUT2D eigenvalue weighted by atomic mass is 10.1. The van der Waals surface area contributed by atoms with Gasteiger partial charge in [0.05, 0.1) is 25.5 Å². The maximum atomic E-state index is 13.1. The van der Waals surface area contributed by atoms with Gasteiger partial charge in [-0.3, -0.25) is 9.59 Å². The fourth-order valence-electron chi connectivity index (χ4n) is 3.34. The molecule has 7 nitrogen and oxygen atoms in total. The molecule has 2 amide bonds. The first-order chi connectivity index (χ1) is 14.1. The Kier molecular flexibility index (Phi) is 5.71. The molecule has 1 aliphatic heterocycles. The van der Waals surface area contributed by atoms with Crippen LogP contribution < -0.4 is 14.8 Å². The number of nitrogens with zero attached hydrogens (tertiary/aromatic N) is 2. The van der Waals surface area contributed by atoms with Gasteiger partial charge >= 0.3 is 0 Å². The fourth-order valence-corrected chi connectivity index (χ4v) is 4.37. The molecule has 1 aliphatic carbocycles. The molecule has 0 bridgehead atoms. The zero-order chi connectivity index (χ0) is 20.4. The Balaban J connectivity index is 1.47. The van der Waals surface area contributed by atoms with E-state index in [1.54, 1.807) is 18.2 Å². The number of carbonyl (C=O) groups is 2. The van der Waals surface area contributed by atoms with Crippen molar-refractivity contribution < 1.29 is 19.1 Å². The molecular weight excluding hydrogens is 390 g/mol. The highest BCUT2D eigenvalue weighted by molar-refractivity contribution is 7.15. The minimum absolute atomic E-state index is 0.0448. The quantitative estimate of drug-likeness (QED) is 0.749. The van der Waals surface area contributed by atoms with Crippen molar-refractivity contribution in [1.29, 1.82) is 0 Å². The maximum Gasteiger partial charge on any atom is 0.254 e. The smallest absolute Gasteiger partial charge is 0.254 e. The van der Waals surface area contributed by atoms with Gasteiger partial charge in [0.2, 0.25) is 5.91 Å². The molecule has 0 saturated heterocycles. The van der Waals surface area contributed by atoms with Crippen molar-refractivity contribution in [1.82, 2.24) is 9.88 Å². The second-order valence-electron chi connectivity index (χ2n) is 7.16. The molecule has 0 radical (unpaired) electrons. The summed E-state index contributed by atoms with van der Waals surface area (Å²) in [6, 6.07) is 5.31. The van der Waals surface area contributed by atoms with Gasteiger partial charge in [-0.1, -0.05) is 11.3 Å². The van der Waals surface area contributed by atoms with E-state index in [2.05, 4.69) is 10.3 Å². The van der Waals surface area contributed by atoms with E-state index in [0.717, 1.165) is 23.4 Å². The third-order valence-electron chi connectivity index (χ3n) is 4.99. The lowest BCUT2D eigenvalue weighted by Crippen LogP contribution is -2.35. The number of hydrogen-bond acceptors (Lipinski definition) is 6. The summed E-state index contributed by atoms with van der Waals surface area (Å²) >= 11 is 1.46. The number of anilines is 1. The average molecular weight is 416 g/mol. The Morgan fingerprint density at radius 1 is 1.21 bits per heavy atom. The highest BCUT2D eigenvalue weighted by Crippen LogP contribution is 2.34.